The summed E-state index contributed by atoms with van der Waals surface area (Å²) in [5, 5.41) is 11.6. The highest BCUT2D eigenvalue weighted by molar-refractivity contribution is 5.88. The first kappa shape index (κ1) is 12.2. The van der Waals surface area contributed by atoms with Crippen molar-refractivity contribution in [1.29, 1.82) is 0 Å². The quantitative estimate of drug-likeness (QED) is 0.369. The van der Waals surface area contributed by atoms with Gasteiger partial charge in [0.1, 0.15) is 12.0 Å². The lowest BCUT2D eigenvalue weighted by atomic mass is 10.1. The van der Waals surface area contributed by atoms with E-state index in [2.05, 4.69) is 5.32 Å². The number of nitrogens with two attached hydrogens (primary N) is 1. The van der Waals surface area contributed by atoms with Crippen molar-refractivity contribution in [2.75, 3.05) is 0 Å². The van der Waals surface area contributed by atoms with Crippen molar-refractivity contribution in [3.63, 3.8) is 0 Å². The van der Waals surface area contributed by atoms with Gasteiger partial charge in [0.25, 0.3) is 0 Å². The highest BCUT2D eigenvalue weighted by Crippen LogP contribution is 2.10. The maximum Gasteiger partial charge on any atom is 0.228 e. The number of carbonyl (C=O) groups excluding carboxylic acids is 2. The van der Waals surface area contributed by atoms with Gasteiger partial charge in [-0.3, -0.25) is 4.79 Å². The Kier molecular flexibility index (Phi) is 4.47. The molecule has 1 aromatic rings. The Morgan fingerprint density at radius 1 is 1.44 bits per heavy atom. The predicted octanol–water partition coefficient (Wildman–Crippen LogP) is -0.0753. The van der Waals surface area contributed by atoms with Crippen LogP contribution < -0.4 is 11.1 Å². The smallest absolute Gasteiger partial charge is 0.228 e. The lowest BCUT2D eigenvalue weighted by molar-refractivity contribution is -0.124. The normalized spacial score (nSPS) is 11.8. The fraction of sp³-hybridized carbons (Fsp3) is 0.273. The van der Waals surface area contributed by atoms with Crippen molar-refractivity contribution < 1.29 is 14.7 Å². The topological polar surface area (TPSA) is 92.4 Å². The first-order valence-electron chi connectivity index (χ1n) is 4.88. The monoisotopic (exact) mass is 222 g/mol. The molecule has 0 aliphatic heterocycles. The number of aromatic hydroxyl groups is 1. The second-order valence-corrected chi connectivity index (χ2v) is 3.42. The van der Waals surface area contributed by atoms with Gasteiger partial charge in [-0.15, -0.1) is 0 Å². The van der Waals surface area contributed by atoms with Gasteiger partial charge in [0.15, 0.2) is 0 Å². The van der Waals surface area contributed by atoms with Gasteiger partial charge in [0, 0.05) is 6.42 Å². The van der Waals surface area contributed by atoms with Gasteiger partial charge in [-0.2, -0.15) is 0 Å². The van der Waals surface area contributed by atoms with Crippen molar-refractivity contribution >= 4 is 12.2 Å². The summed E-state index contributed by atoms with van der Waals surface area (Å²) in [4.78, 5) is 21.1. The fourth-order valence-electron chi connectivity index (χ4n) is 1.28. The fourth-order valence-corrected chi connectivity index (χ4v) is 1.28. The summed E-state index contributed by atoms with van der Waals surface area (Å²) >= 11 is 0. The zero-order valence-corrected chi connectivity index (χ0v) is 8.72. The molecule has 0 bridgehead atoms. The Labute approximate surface area is 93.3 Å². The summed E-state index contributed by atoms with van der Waals surface area (Å²) < 4.78 is 0. The van der Waals surface area contributed by atoms with Crippen molar-refractivity contribution in [1.82, 2.24) is 5.32 Å². The number of aldehydes is 1. The van der Waals surface area contributed by atoms with Crippen LogP contribution in [0.2, 0.25) is 0 Å². The molecule has 0 fully saturated rings. The van der Waals surface area contributed by atoms with Gasteiger partial charge in [-0.05, 0) is 17.7 Å². The molecule has 1 amide bonds. The number of rotatable bonds is 5. The van der Waals surface area contributed by atoms with E-state index < -0.39 is 6.17 Å². The third-order valence-corrected chi connectivity index (χ3v) is 2.01. The van der Waals surface area contributed by atoms with E-state index >= 15 is 0 Å². The number of amides is 1. The molecule has 0 heterocycles. The third-order valence-electron chi connectivity index (χ3n) is 2.01. The lowest BCUT2D eigenvalue weighted by Gasteiger charge is -2.12. The lowest BCUT2D eigenvalue weighted by Crippen LogP contribution is -2.43. The molecule has 16 heavy (non-hydrogen) atoms. The van der Waals surface area contributed by atoms with Gasteiger partial charge >= 0.3 is 0 Å². The van der Waals surface area contributed by atoms with E-state index in [9.17, 15) is 9.59 Å². The summed E-state index contributed by atoms with van der Waals surface area (Å²) in [7, 11) is 0. The molecule has 0 radical (unpaired) electrons. The van der Waals surface area contributed by atoms with Gasteiger partial charge in [0.05, 0.1) is 12.6 Å². The van der Waals surface area contributed by atoms with Crippen molar-refractivity contribution in [3.05, 3.63) is 29.8 Å². The number of phenols is 1. The zero-order valence-electron chi connectivity index (χ0n) is 8.72. The average Bonchev–Trinajstić information content (AvgIpc) is 2.21. The molecule has 0 saturated carbocycles. The molecule has 1 rings (SSSR count). The Bertz CT molecular complexity index is 362. The third kappa shape index (κ3) is 4.10. The number of phenolic OH excluding ortho intramolecular Hbond substituents is 1. The SMILES string of the molecule is NC(Cc1ccc(O)cc1)NC(=O)CC=O. The van der Waals surface area contributed by atoms with Crippen LogP contribution in [0.25, 0.3) is 0 Å². The van der Waals surface area contributed by atoms with Gasteiger partial charge in [-0.25, -0.2) is 0 Å². The first-order valence-corrected chi connectivity index (χ1v) is 4.88. The molecule has 0 aliphatic rings. The molecule has 0 aromatic heterocycles. The van der Waals surface area contributed by atoms with Gasteiger partial charge in [0.2, 0.25) is 5.91 Å². The van der Waals surface area contributed by atoms with E-state index in [-0.39, 0.29) is 18.1 Å². The predicted molar refractivity (Wildman–Crippen MR) is 58.6 cm³/mol. The molecule has 1 atom stereocenters. The summed E-state index contributed by atoms with van der Waals surface area (Å²) in [6.45, 7) is 0. The van der Waals surface area contributed by atoms with Crippen LogP contribution in [0.3, 0.4) is 0 Å². The molecule has 1 unspecified atom stereocenters. The van der Waals surface area contributed by atoms with Crippen LogP contribution in [-0.2, 0) is 16.0 Å². The van der Waals surface area contributed by atoms with Crippen molar-refractivity contribution in [3.8, 4) is 5.75 Å². The second kappa shape index (κ2) is 5.87. The molecule has 1 aromatic carbocycles. The summed E-state index contributed by atoms with van der Waals surface area (Å²) in [6.07, 6.45) is 0.272. The molecule has 0 saturated heterocycles. The van der Waals surface area contributed by atoms with E-state index in [1.807, 2.05) is 0 Å². The maximum atomic E-state index is 11.0. The number of carbonyl (C=O) groups is 2. The highest BCUT2D eigenvalue weighted by Gasteiger charge is 2.07. The molecule has 0 aliphatic carbocycles. The van der Waals surface area contributed by atoms with Crippen molar-refractivity contribution in [2.24, 2.45) is 5.73 Å². The van der Waals surface area contributed by atoms with Crippen LogP contribution in [0.15, 0.2) is 24.3 Å². The number of benzene rings is 1. The van der Waals surface area contributed by atoms with Crippen LogP contribution >= 0.6 is 0 Å². The molecule has 86 valence electrons. The zero-order chi connectivity index (χ0) is 12.0. The molecule has 4 N–H and O–H groups in total. The van der Waals surface area contributed by atoms with Crippen LogP contribution in [0.5, 0.6) is 5.75 Å². The van der Waals surface area contributed by atoms with E-state index in [1.165, 1.54) is 0 Å². The van der Waals surface area contributed by atoms with Gasteiger partial charge in [-0.1, -0.05) is 12.1 Å². The molecule has 5 nitrogen and oxygen atoms in total. The minimum Gasteiger partial charge on any atom is -0.508 e. The highest BCUT2D eigenvalue weighted by atomic mass is 16.3. The minimum atomic E-state index is -0.531. The average molecular weight is 222 g/mol. The largest absolute Gasteiger partial charge is 0.508 e. The Morgan fingerprint density at radius 3 is 2.62 bits per heavy atom. The van der Waals surface area contributed by atoms with Crippen LogP contribution in [0.4, 0.5) is 0 Å². The summed E-state index contributed by atoms with van der Waals surface area (Å²) in [6, 6.07) is 6.55. The Balaban J connectivity index is 2.44. The molecule has 5 heteroatoms. The van der Waals surface area contributed by atoms with Crippen LogP contribution in [-0.4, -0.2) is 23.5 Å². The molecule has 0 spiro atoms. The van der Waals surface area contributed by atoms with E-state index in [1.54, 1.807) is 24.3 Å². The molecular weight excluding hydrogens is 208 g/mol. The maximum absolute atomic E-state index is 11.0. The Morgan fingerprint density at radius 2 is 2.06 bits per heavy atom. The number of nitrogens with one attached hydrogen (secondary N) is 1. The van der Waals surface area contributed by atoms with Crippen LogP contribution in [0, 0.1) is 0 Å². The Hall–Kier alpha value is -1.88. The minimum absolute atomic E-state index is 0.177. The number of hydrogen-bond acceptors (Lipinski definition) is 4. The second-order valence-electron chi connectivity index (χ2n) is 3.42. The van der Waals surface area contributed by atoms with E-state index in [0.29, 0.717) is 12.7 Å². The van der Waals surface area contributed by atoms with Gasteiger partial charge < -0.3 is 21.0 Å². The van der Waals surface area contributed by atoms with Crippen LogP contribution in [0.1, 0.15) is 12.0 Å². The number of hydrogen-bond donors (Lipinski definition) is 3. The molecular formula is C11H14N2O3. The van der Waals surface area contributed by atoms with Crippen molar-refractivity contribution in [2.45, 2.75) is 19.0 Å². The standard InChI is InChI=1S/C11H14N2O3/c12-10(13-11(16)5-6-14)7-8-1-3-9(15)4-2-8/h1-4,6,10,15H,5,7,12H2,(H,13,16). The summed E-state index contributed by atoms with van der Waals surface area (Å²) in [5.41, 5.74) is 6.56. The van der Waals surface area contributed by atoms with E-state index in [0.717, 1.165) is 5.56 Å². The summed E-state index contributed by atoms with van der Waals surface area (Å²) in [5.74, 6) is -0.205. The van der Waals surface area contributed by atoms with E-state index in [4.69, 9.17) is 10.8 Å². The first-order chi connectivity index (χ1) is 7.61.